The van der Waals surface area contributed by atoms with Gasteiger partial charge in [-0.25, -0.2) is 4.39 Å². The molecular weight excluding hydrogens is 353 g/mol. The number of hydrogen-bond donors (Lipinski definition) is 3. The maximum atomic E-state index is 13.2. The lowest BCUT2D eigenvalue weighted by Gasteiger charge is -2.29. The number of hydrogen-bond acceptors (Lipinski definition) is 4. The minimum absolute atomic E-state index is 0.0191. The predicted octanol–water partition coefficient (Wildman–Crippen LogP) is 2.06. The number of carbonyl (C=O) groups is 2. The van der Waals surface area contributed by atoms with E-state index in [-0.39, 0.29) is 42.6 Å². The van der Waals surface area contributed by atoms with Gasteiger partial charge in [0, 0.05) is 24.8 Å². The van der Waals surface area contributed by atoms with Crippen LogP contribution in [0, 0.1) is 5.82 Å². The first-order valence-electron chi connectivity index (χ1n) is 9.02. The van der Waals surface area contributed by atoms with Gasteiger partial charge in [0.25, 0.3) is 0 Å². The van der Waals surface area contributed by atoms with Crippen molar-refractivity contribution in [1.82, 2.24) is 4.90 Å². The number of carbonyl (C=O) groups excluding carboxylic acids is 1. The summed E-state index contributed by atoms with van der Waals surface area (Å²) in [6.07, 6.45) is 0.767. The first-order chi connectivity index (χ1) is 12.7. The number of benzene rings is 1. The van der Waals surface area contributed by atoms with Gasteiger partial charge in [-0.1, -0.05) is 24.3 Å². The lowest BCUT2D eigenvalue weighted by Crippen LogP contribution is -2.39. The molecule has 1 aliphatic rings. The molecule has 27 heavy (non-hydrogen) atoms. The van der Waals surface area contributed by atoms with Crippen LogP contribution < -0.4 is 0 Å². The van der Waals surface area contributed by atoms with Crippen LogP contribution in [-0.2, 0) is 9.59 Å². The molecular formula is C20H26FNO5. The molecule has 0 bridgehead atoms. The van der Waals surface area contributed by atoms with Gasteiger partial charge in [-0.3, -0.25) is 9.59 Å². The summed E-state index contributed by atoms with van der Waals surface area (Å²) in [5, 5.41) is 28.4. The number of aliphatic hydroxyl groups is 2. The minimum Gasteiger partial charge on any atom is -0.481 e. The molecule has 6 nitrogen and oxygen atoms in total. The predicted molar refractivity (Wildman–Crippen MR) is 97.6 cm³/mol. The maximum absolute atomic E-state index is 13.2. The second-order valence-corrected chi connectivity index (χ2v) is 7.19. The number of aliphatic carboxylic acids is 1. The van der Waals surface area contributed by atoms with Crippen LogP contribution >= 0.6 is 0 Å². The summed E-state index contributed by atoms with van der Waals surface area (Å²) in [5.74, 6) is -1.68. The summed E-state index contributed by atoms with van der Waals surface area (Å²) in [6.45, 7) is 3.80. The van der Waals surface area contributed by atoms with E-state index >= 15 is 0 Å². The van der Waals surface area contributed by atoms with Crippen molar-refractivity contribution < 1.29 is 29.3 Å². The fourth-order valence-electron chi connectivity index (χ4n) is 3.54. The van der Waals surface area contributed by atoms with Crippen LogP contribution in [-0.4, -0.2) is 56.4 Å². The summed E-state index contributed by atoms with van der Waals surface area (Å²) >= 11 is 0. The molecule has 2 rings (SSSR count). The molecule has 1 heterocycles. The number of carboxylic acids is 1. The van der Waals surface area contributed by atoms with Crippen LogP contribution in [0.5, 0.6) is 0 Å². The first-order valence-corrected chi connectivity index (χ1v) is 9.02. The van der Waals surface area contributed by atoms with E-state index in [9.17, 15) is 24.2 Å². The van der Waals surface area contributed by atoms with Crippen molar-refractivity contribution in [1.29, 1.82) is 0 Å². The van der Waals surface area contributed by atoms with E-state index in [1.807, 2.05) is 13.8 Å². The number of amides is 1. The van der Waals surface area contributed by atoms with Gasteiger partial charge in [0.1, 0.15) is 5.82 Å². The molecule has 0 radical (unpaired) electrons. The molecule has 1 fully saturated rings. The van der Waals surface area contributed by atoms with Gasteiger partial charge in [0.05, 0.1) is 24.7 Å². The van der Waals surface area contributed by atoms with Crippen molar-refractivity contribution in [2.24, 2.45) is 0 Å². The zero-order valence-electron chi connectivity index (χ0n) is 15.5. The van der Waals surface area contributed by atoms with E-state index in [1.54, 1.807) is 23.1 Å². The summed E-state index contributed by atoms with van der Waals surface area (Å²) < 4.78 is 13.2. The fraction of sp³-hybridized carbons (Fsp3) is 0.500. The highest BCUT2D eigenvalue weighted by molar-refractivity contribution is 5.81. The third kappa shape index (κ3) is 5.61. The average Bonchev–Trinajstić information content (AvgIpc) is 2.89. The zero-order valence-corrected chi connectivity index (χ0v) is 15.5. The Balaban J connectivity index is 2.17. The number of nitrogens with zero attached hydrogens (tertiary/aromatic N) is 1. The monoisotopic (exact) mass is 379 g/mol. The highest BCUT2D eigenvalue weighted by Gasteiger charge is 2.40. The lowest BCUT2D eigenvalue weighted by molar-refractivity contribution is -0.139. The van der Waals surface area contributed by atoms with Gasteiger partial charge in [0.2, 0.25) is 5.91 Å². The molecule has 3 N–H and O–H groups in total. The number of rotatable bonds is 8. The van der Waals surface area contributed by atoms with Crippen molar-refractivity contribution in [3.05, 3.63) is 47.8 Å². The molecule has 1 aliphatic heterocycles. The summed E-state index contributed by atoms with van der Waals surface area (Å²) in [4.78, 5) is 24.8. The van der Waals surface area contributed by atoms with Crippen molar-refractivity contribution in [2.75, 3.05) is 0 Å². The molecule has 0 spiro atoms. The summed E-state index contributed by atoms with van der Waals surface area (Å²) in [6, 6.07) is 5.67. The molecule has 1 aromatic carbocycles. The Morgan fingerprint density at radius 3 is 2.48 bits per heavy atom. The highest BCUT2D eigenvalue weighted by Crippen LogP contribution is 2.36. The maximum Gasteiger partial charge on any atom is 0.305 e. The standard InChI is InChI=1S/C20H26FNO5/c1-12(2)22-18(8-7-15(23)9-16(24)10-20(26)27)17(11-19(22)25)13-3-5-14(21)6-4-13/h3-8,12,15-18,23-24H,9-11H2,1-2H3,(H,26,27)/b8-7+/t15-,16-,17-,18+/m1/s1. The minimum atomic E-state index is -1.15. The molecule has 1 amide bonds. The Morgan fingerprint density at radius 1 is 1.30 bits per heavy atom. The third-order valence-corrected chi connectivity index (χ3v) is 4.72. The van der Waals surface area contributed by atoms with E-state index in [0.29, 0.717) is 0 Å². The Bertz CT molecular complexity index is 688. The van der Waals surface area contributed by atoms with Gasteiger partial charge in [-0.05, 0) is 31.5 Å². The molecule has 0 saturated carbocycles. The molecule has 0 aromatic heterocycles. The van der Waals surface area contributed by atoms with Crippen molar-refractivity contribution >= 4 is 11.9 Å². The van der Waals surface area contributed by atoms with Gasteiger partial charge in [-0.2, -0.15) is 0 Å². The van der Waals surface area contributed by atoms with Gasteiger partial charge >= 0.3 is 5.97 Å². The number of carboxylic acid groups (broad SMARTS) is 1. The molecule has 4 atom stereocenters. The van der Waals surface area contributed by atoms with Crippen molar-refractivity contribution in [3.8, 4) is 0 Å². The Kier molecular flexibility index (Phi) is 7.10. The van der Waals surface area contributed by atoms with Crippen LogP contribution in [0.25, 0.3) is 0 Å². The third-order valence-electron chi connectivity index (χ3n) is 4.72. The van der Waals surface area contributed by atoms with E-state index in [2.05, 4.69) is 0 Å². The topological polar surface area (TPSA) is 98.1 Å². The Labute approximate surface area is 157 Å². The Morgan fingerprint density at radius 2 is 1.93 bits per heavy atom. The quantitative estimate of drug-likeness (QED) is 0.601. The second-order valence-electron chi connectivity index (χ2n) is 7.19. The number of halogens is 1. The number of likely N-dealkylation sites (tertiary alicyclic amines) is 1. The smallest absolute Gasteiger partial charge is 0.305 e. The van der Waals surface area contributed by atoms with Crippen LogP contribution in [0.2, 0.25) is 0 Å². The van der Waals surface area contributed by atoms with Gasteiger partial charge in [0.15, 0.2) is 0 Å². The summed E-state index contributed by atoms with van der Waals surface area (Å²) in [7, 11) is 0. The van der Waals surface area contributed by atoms with E-state index in [1.165, 1.54) is 18.2 Å². The molecule has 1 aromatic rings. The van der Waals surface area contributed by atoms with E-state index in [4.69, 9.17) is 5.11 Å². The van der Waals surface area contributed by atoms with Gasteiger partial charge < -0.3 is 20.2 Å². The van der Waals surface area contributed by atoms with Crippen molar-refractivity contribution in [3.63, 3.8) is 0 Å². The summed E-state index contributed by atoms with van der Waals surface area (Å²) in [5.41, 5.74) is 0.836. The molecule has 148 valence electrons. The molecule has 0 aliphatic carbocycles. The Hall–Kier alpha value is -2.25. The second kappa shape index (κ2) is 9.10. The fourth-order valence-corrected chi connectivity index (χ4v) is 3.54. The van der Waals surface area contributed by atoms with Crippen molar-refractivity contribution in [2.45, 2.75) is 63.3 Å². The number of aliphatic hydroxyl groups excluding tert-OH is 2. The molecule has 7 heteroatoms. The molecule has 1 saturated heterocycles. The largest absolute Gasteiger partial charge is 0.481 e. The zero-order chi connectivity index (χ0) is 20.1. The highest BCUT2D eigenvalue weighted by atomic mass is 19.1. The first kappa shape index (κ1) is 21.1. The van der Waals surface area contributed by atoms with Gasteiger partial charge in [-0.15, -0.1) is 0 Å². The van der Waals surface area contributed by atoms with E-state index < -0.39 is 24.6 Å². The SMILES string of the molecule is CC(C)N1C(=O)C[C@H](c2ccc(F)cc2)[C@@H]1/C=C/[C@@H](O)C[C@@H](O)CC(=O)O. The lowest BCUT2D eigenvalue weighted by atomic mass is 9.90. The van der Waals surface area contributed by atoms with E-state index in [0.717, 1.165) is 5.56 Å². The normalized spacial score (nSPS) is 22.6. The average molecular weight is 379 g/mol. The van der Waals surface area contributed by atoms with Crippen LogP contribution in [0.3, 0.4) is 0 Å². The molecule has 0 unspecified atom stereocenters. The van der Waals surface area contributed by atoms with Crippen LogP contribution in [0.15, 0.2) is 36.4 Å². The van der Waals surface area contributed by atoms with Crippen LogP contribution in [0.4, 0.5) is 4.39 Å². The van der Waals surface area contributed by atoms with Crippen LogP contribution in [0.1, 0.15) is 44.6 Å².